The van der Waals surface area contributed by atoms with Crippen LogP contribution < -0.4 is 15.5 Å². The highest BCUT2D eigenvalue weighted by atomic mass is 127. The first-order chi connectivity index (χ1) is 14.2. The van der Waals surface area contributed by atoms with E-state index in [1.54, 1.807) is 0 Å². The number of hydrogen-bond donors (Lipinski definition) is 2. The predicted octanol–water partition coefficient (Wildman–Crippen LogP) is 3.11. The number of hydrogen-bond acceptors (Lipinski definition) is 4. The molecule has 1 aliphatic heterocycles. The molecule has 0 amide bonds. The minimum Gasteiger partial charge on any atom is -0.381 e. The van der Waals surface area contributed by atoms with Gasteiger partial charge < -0.3 is 20.3 Å². The largest absolute Gasteiger partial charge is 0.381 e. The van der Waals surface area contributed by atoms with E-state index in [0.29, 0.717) is 0 Å². The van der Waals surface area contributed by atoms with Gasteiger partial charge in [0.1, 0.15) is 0 Å². The fourth-order valence-corrected chi connectivity index (χ4v) is 3.70. The quantitative estimate of drug-likeness (QED) is 0.200. The number of anilines is 1. The van der Waals surface area contributed by atoms with Crippen LogP contribution in [0.2, 0.25) is 0 Å². The zero-order chi connectivity index (χ0) is 20.3. The lowest BCUT2D eigenvalue weighted by molar-refractivity contribution is 0.123. The Kier molecular flexibility index (Phi) is 11.8. The molecule has 1 saturated carbocycles. The maximum atomic E-state index is 5.67. The molecule has 0 spiro atoms. The summed E-state index contributed by atoms with van der Waals surface area (Å²) in [5.74, 6) is 1.75. The summed E-state index contributed by atoms with van der Waals surface area (Å²) in [6.07, 6.45) is 4.88. The number of nitrogens with one attached hydrogen (secondary N) is 2. The van der Waals surface area contributed by atoms with Gasteiger partial charge >= 0.3 is 0 Å². The van der Waals surface area contributed by atoms with Gasteiger partial charge in [0.05, 0.1) is 0 Å². The molecule has 2 fully saturated rings. The summed E-state index contributed by atoms with van der Waals surface area (Å²) in [6.45, 7) is 11.5. The van der Waals surface area contributed by atoms with E-state index in [9.17, 15) is 0 Å². The van der Waals surface area contributed by atoms with Gasteiger partial charge in [-0.2, -0.15) is 0 Å². The lowest BCUT2D eigenvalue weighted by Crippen LogP contribution is -2.47. The Hall–Kier alpha value is -1.06. The number of piperazine rings is 1. The average Bonchev–Trinajstić information content (AvgIpc) is 3.57. The fourth-order valence-electron chi connectivity index (χ4n) is 3.70. The highest BCUT2D eigenvalue weighted by molar-refractivity contribution is 14.0. The number of ether oxygens (including phenoxy) is 1. The van der Waals surface area contributed by atoms with E-state index in [4.69, 9.17) is 4.74 Å². The van der Waals surface area contributed by atoms with Crippen LogP contribution in [0.15, 0.2) is 29.3 Å². The van der Waals surface area contributed by atoms with Gasteiger partial charge in [-0.25, -0.2) is 0 Å². The van der Waals surface area contributed by atoms with Crippen LogP contribution in [-0.2, 0) is 4.74 Å². The van der Waals surface area contributed by atoms with Crippen LogP contribution in [0.25, 0.3) is 0 Å². The Bertz CT molecular complexity index is 630. The minimum absolute atomic E-state index is 0. The van der Waals surface area contributed by atoms with Crippen LogP contribution in [0.4, 0.5) is 5.69 Å². The normalized spacial score (nSPS) is 17.5. The van der Waals surface area contributed by atoms with Gasteiger partial charge in [0.15, 0.2) is 5.96 Å². The second kappa shape index (κ2) is 14.1. The smallest absolute Gasteiger partial charge is 0.190 e. The number of aryl methyl sites for hydroxylation is 1. The van der Waals surface area contributed by atoms with E-state index in [1.807, 2.05) is 7.05 Å². The summed E-state index contributed by atoms with van der Waals surface area (Å²) >= 11 is 0. The molecule has 1 aliphatic carbocycles. The zero-order valence-electron chi connectivity index (χ0n) is 18.7. The molecule has 170 valence electrons. The van der Waals surface area contributed by atoms with Crippen LogP contribution in [-0.4, -0.2) is 76.9 Å². The molecule has 1 aromatic carbocycles. The van der Waals surface area contributed by atoms with E-state index < -0.39 is 0 Å². The zero-order valence-corrected chi connectivity index (χ0v) is 21.1. The molecule has 3 rings (SSSR count). The average molecular weight is 530 g/mol. The molecule has 0 bridgehead atoms. The number of benzene rings is 1. The molecule has 0 aromatic heterocycles. The highest BCUT2D eigenvalue weighted by Crippen LogP contribution is 2.28. The second-order valence-electron chi connectivity index (χ2n) is 8.32. The molecule has 6 nitrogen and oxygen atoms in total. The first-order valence-electron chi connectivity index (χ1n) is 11.3. The van der Waals surface area contributed by atoms with Crippen molar-refractivity contribution in [2.75, 3.05) is 71.0 Å². The van der Waals surface area contributed by atoms with E-state index in [1.165, 1.54) is 24.1 Å². The Morgan fingerprint density at radius 3 is 2.50 bits per heavy atom. The standard InChI is InChI=1S/C23H39N5O.HI/c1-20-6-3-7-22(18-20)28-15-13-27(14-16-28)12-4-10-25-23(24-2)26-11-5-17-29-19-21-8-9-21;/h3,6-7,18,21H,4-5,8-17,19H2,1-2H3,(H2,24,25,26);1H. The molecule has 1 heterocycles. The number of halogens is 1. The summed E-state index contributed by atoms with van der Waals surface area (Å²) in [4.78, 5) is 9.39. The predicted molar refractivity (Wildman–Crippen MR) is 137 cm³/mol. The third kappa shape index (κ3) is 9.39. The summed E-state index contributed by atoms with van der Waals surface area (Å²) in [5.41, 5.74) is 2.70. The van der Waals surface area contributed by atoms with Crippen molar-refractivity contribution in [1.29, 1.82) is 0 Å². The Morgan fingerprint density at radius 2 is 1.83 bits per heavy atom. The van der Waals surface area contributed by atoms with Crippen molar-refractivity contribution >= 4 is 35.6 Å². The molecule has 7 heteroatoms. The van der Waals surface area contributed by atoms with Gasteiger partial charge in [-0.05, 0) is 62.8 Å². The Morgan fingerprint density at radius 1 is 1.10 bits per heavy atom. The molecule has 0 unspecified atom stereocenters. The SMILES string of the molecule is CN=C(NCCCOCC1CC1)NCCCN1CCN(c2cccc(C)c2)CC1.I. The lowest BCUT2D eigenvalue weighted by Gasteiger charge is -2.36. The number of rotatable bonds is 11. The van der Waals surface area contributed by atoms with E-state index >= 15 is 0 Å². The third-order valence-electron chi connectivity index (χ3n) is 5.71. The summed E-state index contributed by atoms with van der Waals surface area (Å²) in [5, 5.41) is 6.81. The van der Waals surface area contributed by atoms with E-state index in [2.05, 4.69) is 56.6 Å². The van der Waals surface area contributed by atoms with E-state index in [-0.39, 0.29) is 24.0 Å². The van der Waals surface area contributed by atoms with Crippen LogP contribution in [0.3, 0.4) is 0 Å². The Labute approximate surface area is 199 Å². The van der Waals surface area contributed by atoms with Gasteiger partial charge in [-0.15, -0.1) is 24.0 Å². The lowest BCUT2D eigenvalue weighted by atomic mass is 10.2. The van der Waals surface area contributed by atoms with Crippen molar-refractivity contribution < 1.29 is 4.74 Å². The van der Waals surface area contributed by atoms with Crippen LogP contribution in [0.1, 0.15) is 31.2 Å². The Balaban J connectivity index is 0.00000320. The monoisotopic (exact) mass is 529 g/mol. The van der Waals surface area contributed by atoms with Crippen molar-refractivity contribution in [1.82, 2.24) is 15.5 Å². The van der Waals surface area contributed by atoms with Gasteiger partial charge in [-0.3, -0.25) is 9.89 Å². The molecule has 2 aliphatic rings. The van der Waals surface area contributed by atoms with Gasteiger partial charge in [0, 0.05) is 65.2 Å². The number of aliphatic imine (C=N–C) groups is 1. The second-order valence-corrected chi connectivity index (χ2v) is 8.32. The van der Waals surface area contributed by atoms with Gasteiger partial charge in [-0.1, -0.05) is 12.1 Å². The minimum atomic E-state index is 0. The molecule has 1 saturated heterocycles. The first-order valence-corrected chi connectivity index (χ1v) is 11.3. The van der Waals surface area contributed by atoms with Crippen LogP contribution in [0.5, 0.6) is 0 Å². The third-order valence-corrected chi connectivity index (χ3v) is 5.71. The molecular weight excluding hydrogens is 489 g/mol. The molecule has 1 aromatic rings. The maximum Gasteiger partial charge on any atom is 0.190 e. The first kappa shape index (κ1) is 25.2. The van der Waals surface area contributed by atoms with Crippen molar-refractivity contribution in [3.05, 3.63) is 29.8 Å². The van der Waals surface area contributed by atoms with E-state index in [0.717, 1.165) is 83.7 Å². The highest BCUT2D eigenvalue weighted by Gasteiger charge is 2.20. The molecule has 0 radical (unpaired) electrons. The molecule has 2 N–H and O–H groups in total. The van der Waals surface area contributed by atoms with Crippen LogP contribution in [0, 0.1) is 12.8 Å². The van der Waals surface area contributed by atoms with Gasteiger partial charge in [0.2, 0.25) is 0 Å². The topological polar surface area (TPSA) is 52.1 Å². The summed E-state index contributed by atoms with van der Waals surface area (Å²) in [6, 6.07) is 8.84. The van der Waals surface area contributed by atoms with Crippen molar-refractivity contribution in [2.45, 2.75) is 32.6 Å². The summed E-state index contributed by atoms with van der Waals surface area (Å²) < 4.78 is 5.67. The summed E-state index contributed by atoms with van der Waals surface area (Å²) in [7, 11) is 1.84. The fraction of sp³-hybridized carbons (Fsp3) is 0.696. The molecule has 30 heavy (non-hydrogen) atoms. The number of guanidine groups is 1. The van der Waals surface area contributed by atoms with Crippen molar-refractivity contribution in [3.8, 4) is 0 Å². The number of nitrogens with zero attached hydrogens (tertiary/aromatic N) is 3. The van der Waals surface area contributed by atoms with Crippen molar-refractivity contribution in [3.63, 3.8) is 0 Å². The van der Waals surface area contributed by atoms with Crippen molar-refractivity contribution in [2.24, 2.45) is 10.9 Å². The molecular formula is C23H40IN5O. The molecule has 0 atom stereocenters. The maximum absolute atomic E-state index is 5.67. The van der Waals surface area contributed by atoms with Gasteiger partial charge in [0.25, 0.3) is 0 Å². The van der Waals surface area contributed by atoms with Crippen LogP contribution >= 0.6 is 24.0 Å².